The minimum Gasteiger partial charge on any atom is -0.506 e. The van der Waals surface area contributed by atoms with Crippen LogP contribution in [0.1, 0.15) is 0 Å². The normalized spacial score (nSPS) is 10.7. The van der Waals surface area contributed by atoms with Gasteiger partial charge < -0.3 is 15.3 Å². The summed E-state index contributed by atoms with van der Waals surface area (Å²) < 4.78 is 5.66. The minimum absolute atomic E-state index is 0.0763. The first-order valence-electron chi connectivity index (χ1n) is 5.77. The van der Waals surface area contributed by atoms with Gasteiger partial charge in [-0.05, 0) is 12.1 Å². The maximum atomic E-state index is 12.0. The number of phenols is 1. The van der Waals surface area contributed by atoms with Crippen molar-refractivity contribution in [1.82, 2.24) is 0 Å². The van der Waals surface area contributed by atoms with Crippen molar-refractivity contribution in [3.63, 3.8) is 0 Å². The number of nitrogens with two attached hydrogens (primary N) is 1. The monoisotopic (exact) mass is 253 g/mol. The molecule has 0 saturated carbocycles. The smallest absolute Gasteiger partial charge is 0.193 e. The summed E-state index contributed by atoms with van der Waals surface area (Å²) in [5.41, 5.74) is 6.64. The van der Waals surface area contributed by atoms with Crippen molar-refractivity contribution in [3.05, 3.63) is 58.8 Å². The van der Waals surface area contributed by atoms with E-state index in [1.807, 2.05) is 30.3 Å². The minimum atomic E-state index is -0.188. The molecule has 3 aromatic rings. The Morgan fingerprint density at radius 3 is 2.53 bits per heavy atom. The van der Waals surface area contributed by atoms with Crippen LogP contribution in [0.25, 0.3) is 22.3 Å². The average Bonchev–Trinajstić information content (AvgIpc) is 2.44. The molecule has 2 aromatic carbocycles. The van der Waals surface area contributed by atoms with Gasteiger partial charge in [0.1, 0.15) is 17.2 Å². The topological polar surface area (TPSA) is 76.5 Å². The van der Waals surface area contributed by atoms with Crippen LogP contribution in [-0.2, 0) is 0 Å². The summed E-state index contributed by atoms with van der Waals surface area (Å²) in [5.74, 6) is 0.330. The summed E-state index contributed by atoms with van der Waals surface area (Å²) in [6.45, 7) is 0. The molecule has 4 heteroatoms. The summed E-state index contributed by atoms with van der Waals surface area (Å²) in [6, 6.07) is 13.6. The highest BCUT2D eigenvalue weighted by Crippen LogP contribution is 2.30. The molecule has 0 aliphatic rings. The van der Waals surface area contributed by atoms with E-state index < -0.39 is 0 Å². The van der Waals surface area contributed by atoms with Gasteiger partial charge in [-0.15, -0.1) is 0 Å². The number of hydrogen-bond acceptors (Lipinski definition) is 4. The molecular weight excluding hydrogens is 242 g/mol. The maximum absolute atomic E-state index is 12.0. The van der Waals surface area contributed by atoms with E-state index in [9.17, 15) is 9.90 Å². The van der Waals surface area contributed by atoms with E-state index >= 15 is 0 Å². The number of benzene rings is 2. The fourth-order valence-electron chi connectivity index (χ4n) is 1.97. The van der Waals surface area contributed by atoms with Crippen molar-refractivity contribution in [2.24, 2.45) is 0 Å². The standard InChI is InChI=1S/C15H11NO3/c16-14-11(17)7-6-10-12(18)8-13(19-15(10)14)9-4-2-1-3-5-9/h1-8,17H,16H2. The molecule has 0 aliphatic carbocycles. The second kappa shape index (κ2) is 4.17. The van der Waals surface area contributed by atoms with Gasteiger partial charge in [-0.3, -0.25) is 4.79 Å². The summed E-state index contributed by atoms with van der Waals surface area (Å²) in [5, 5.41) is 9.94. The molecule has 4 nitrogen and oxygen atoms in total. The molecule has 94 valence electrons. The predicted molar refractivity (Wildman–Crippen MR) is 74.0 cm³/mol. The summed E-state index contributed by atoms with van der Waals surface area (Å²) >= 11 is 0. The number of fused-ring (bicyclic) bond motifs is 1. The Morgan fingerprint density at radius 2 is 1.79 bits per heavy atom. The molecule has 0 unspecified atom stereocenters. The highest BCUT2D eigenvalue weighted by Gasteiger charge is 2.11. The number of anilines is 1. The molecule has 3 N–H and O–H groups in total. The van der Waals surface area contributed by atoms with Crippen LogP contribution in [0.3, 0.4) is 0 Å². The van der Waals surface area contributed by atoms with Crippen LogP contribution >= 0.6 is 0 Å². The lowest BCUT2D eigenvalue weighted by molar-refractivity contribution is 0.477. The van der Waals surface area contributed by atoms with Crippen LogP contribution in [0.15, 0.2) is 57.7 Å². The first-order valence-corrected chi connectivity index (χ1v) is 5.77. The third kappa shape index (κ3) is 1.83. The van der Waals surface area contributed by atoms with E-state index in [1.54, 1.807) is 0 Å². The van der Waals surface area contributed by atoms with Crippen molar-refractivity contribution < 1.29 is 9.52 Å². The van der Waals surface area contributed by atoms with E-state index in [1.165, 1.54) is 18.2 Å². The molecule has 1 heterocycles. The molecule has 1 aromatic heterocycles. The average molecular weight is 253 g/mol. The molecule has 3 rings (SSSR count). The van der Waals surface area contributed by atoms with Crippen molar-refractivity contribution >= 4 is 16.7 Å². The van der Waals surface area contributed by atoms with Crippen molar-refractivity contribution in [2.75, 3.05) is 5.73 Å². The van der Waals surface area contributed by atoms with Gasteiger partial charge in [-0.1, -0.05) is 30.3 Å². The van der Waals surface area contributed by atoms with Crippen molar-refractivity contribution in [1.29, 1.82) is 0 Å². The summed E-state index contributed by atoms with van der Waals surface area (Å²) in [7, 11) is 0. The van der Waals surface area contributed by atoms with E-state index in [2.05, 4.69) is 0 Å². The Labute approximate surface area is 108 Å². The largest absolute Gasteiger partial charge is 0.506 e. The van der Waals surface area contributed by atoms with E-state index in [-0.39, 0.29) is 22.4 Å². The predicted octanol–water partition coefficient (Wildman–Crippen LogP) is 2.75. The lowest BCUT2D eigenvalue weighted by Gasteiger charge is -2.06. The van der Waals surface area contributed by atoms with Gasteiger partial charge in [0.05, 0.1) is 5.39 Å². The quantitative estimate of drug-likeness (QED) is 0.516. The second-order valence-electron chi connectivity index (χ2n) is 4.22. The molecule has 0 bridgehead atoms. The van der Waals surface area contributed by atoms with Crippen LogP contribution in [0, 0.1) is 0 Å². The van der Waals surface area contributed by atoms with Crippen LogP contribution in [0.5, 0.6) is 5.75 Å². The van der Waals surface area contributed by atoms with E-state index in [4.69, 9.17) is 10.2 Å². The van der Waals surface area contributed by atoms with Crippen LogP contribution in [-0.4, -0.2) is 5.11 Å². The first-order chi connectivity index (χ1) is 9.16. The zero-order chi connectivity index (χ0) is 13.4. The molecular formula is C15H11NO3. The molecule has 0 fully saturated rings. The third-order valence-corrected chi connectivity index (χ3v) is 2.97. The highest BCUT2D eigenvalue weighted by atomic mass is 16.3. The number of nitrogen functional groups attached to an aromatic ring is 1. The van der Waals surface area contributed by atoms with Gasteiger partial charge in [0.25, 0.3) is 0 Å². The van der Waals surface area contributed by atoms with Gasteiger partial charge in [-0.25, -0.2) is 0 Å². The highest BCUT2D eigenvalue weighted by molar-refractivity contribution is 5.91. The first kappa shape index (κ1) is 11.3. The molecule has 0 radical (unpaired) electrons. The summed E-state index contributed by atoms with van der Waals surface area (Å²) in [4.78, 5) is 12.0. The Morgan fingerprint density at radius 1 is 1.05 bits per heavy atom. The molecule has 0 aliphatic heterocycles. The summed E-state index contributed by atoms with van der Waals surface area (Å²) in [6.07, 6.45) is 0. The SMILES string of the molecule is Nc1c(O)ccc2c(=O)cc(-c3ccccc3)oc12. The van der Waals surface area contributed by atoms with Crippen LogP contribution < -0.4 is 11.2 Å². The molecule has 0 spiro atoms. The molecule has 19 heavy (non-hydrogen) atoms. The van der Waals surface area contributed by atoms with Crippen LogP contribution in [0.2, 0.25) is 0 Å². The van der Waals surface area contributed by atoms with Gasteiger partial charge >= 0.3 is 0 Å². The zero-order valence-electron chi connectivity index (χ0n) is 9.96. The number of phenolic OH excluding ortho intramolecular Hbond substituents is 1. The van der Waals surface area contributed by atoms with Gasteiger partial charge in [-0.2, -0.15) is 0 Å². The van der Waals surface area contributed by atoms with Crippen molar-refractivity contribution in [3.8, 4) is 17.1 Å². The number of aromatic hydroxyl groups is 1. The molecule has 0 saturated heterocycles. The fourth-order valence-corrected chi connectivity index (χ4v) is 1.97. The Bertz CT molecular complexity index is 807. The van der Waals surface area contributed by atoms with Gasteiger partial charge in [0, 0.05) is 11.6 Å². The Balaban J connectivity index is 2.36. The van der Waals surface area contributed by atoms with Crippen molar-refractivity contribution in [2.45, 2.75) is 0 Å². The van der Waals surface area contributed by atoms with Gasteiger partial charge in [0.15, 0.2) is 11.0 Å². The maximum Gasteiger partial charge on any atom is 0.193 e. The molecule has 0 amide bonds. The van der Waals surface area contributed by atoms with Gasteiger partial charge in [0.2, 0.25) is 0 Å². The Hall–Kier alpha value is -2.75. The fraction of sp³-hybridized carbons (Fsp3) is 0. The number of hydrogen-bond donors (Lipinski definition) is 2. The lowest BCUT2D eigenvalue weighted by atomic mass is 10.1. The number of rotatable bonds is 1. The van der Waals surface area contributed by atoms with E-state index in [0.29, 0.717) is 11.1 Å². The molecule has 0 atom stereocenters. The van der Waals surface area contributed by atoms with Crippen LogP contribution in [0.4, 0.5) is 5.69 Å². The second-order valence-corrected chi connectivity index (χ2v) is 4.22. The third-order valence-electron chi connectivity index (χ3n) is 2.97. The Kier molecular flexibility index (Phi) is 2.49. The van der Waals surface area contributed by atoms with E-state index in [0.717, 1.165) is 5.56 Å². The zero-order valence-corrected chi connectivity index (χ0v) is 9.96. The lowest BCUT2D eigenvalue weighted by Crippen LogP contribution is -2.02.